The fraction of sp³-hybridized carbons (Fsp3) is 0. The van der Waals surface area contributed by atoms with Crippen LogP contribution in [0.25, 0.3) is 0 Å². The van der Waals surface area contributed by atoms with Crippen LogP contribution in [0.15, 0.2) is 52.2 Å². The number of phenols is 1. The van der Waals surface area contributed by atoms with Crippen LogP contribution in [0.1, 0.15) is 16.1 Å². The van der Waals surface area contributed by atoms with Crippen LogP contribution >= 0.6 is 15.9 Å². The van der Waals surface area contributed by atoms with Crippen molar-refractivity contribution in [2.24, 2.45) is 5.10 Å². The molecule has 0 saturated heterocycles. The highest BCUT2D eigenvalue weighted by molar-refractivity contribution is 9.10. The first-order chi connectivity index (χ1) is 9.16. The highest BCUT2D eigenvalue weighted by Crippen LogP contribution is 2.21. The number of pyridine rings is 1. The Bertz CT molecular complexity index is 615. The van der Waals surface area contributed by atoms with Crippen LogP contribution in [0.3, 0.4) is 0 Å². The third kappa shape index (κ3) is 3.62. The van der Waals surface area contributed by atoms with Crippen molar-refractivity contribution in [2.75, 3.05) is 0 Å². The summed E-state index contributed by atoms with van der Waals surface area (Å²) in [6.07, 6.45) is 3.05. The largest absolute Gasteiger partial charge is 0.507 e. The van der Waals surface area contributed by atoms with Gasteiger partial charge in [-0.1, -0.05) is 22.0 Å². The number of hydrogen-bond acceptors (Lipinski definition) is 4. The standard InChI is InChI=1S/C13H10BrN3O2/c14-9-4-5-12(18)11(7-9)13(19)17-16-8-10-3-1-2-6-15-10/h1-8,18H,(H,17,19)/b16-8+. The summed E-state index contributed by atoms with van der Waals surface area (Å²) in [5, 5.41) is 13.4. The number of aromatic nitrogens is 1. The van der Waals surface area contributed by atoms with Crippen molar-refractivity contribution >= 4 is 28.1 Å². The third-order valence-electron chi connectivity index (χ3n) is 2.25. The van der Waals surface area contributed by atoms with E-state index < -0.39 is 5.91 Å². The number of phenolic OH excluding ortho intramolecular Hbond substituents is 1. The second-order valence-corrected chi connectivity index (χ2v) is 4.53. The molecule has 0 saturated carbocycles. The van der Waals surface area contributed by atoms with Gasteiger partial charge in [-0.3, -0.25) is 9.78 Å². The molecule has 6 heteroatoms. The topological polar surface area (TPSA) is 74.6 Å². The average Bonchev–Trinajstić information content (AvgIpc) is 2.42. The number of carbonyl (C=O) groups excluding carboxylic acids is 1. The van der Waals surface area contributed by atoms with E-state index in [-0.39, 0.29) is 11.3 Å². The number of halogens is 1. The van der Waals surface area contributed by atoms with Crippen LogP contribution in [0.2, 0.25) is 0 Å². The van der Waals surface area contributed by atoms with E-state index in [9.17, 15) is 9.90 Å². The van der Waals surface area contributed by atoms with E-state index in [4.69, 9.17) is 0 Å². The van der Waals surface area contributed by atoms with E-state index in [1.807, 2.05) is 6.07 Å². The van der Waals surface area contributed by atoms with Gasteiger partial charge in [-0.2, -0.15) is 5.10 Å². The van der Waals surface area contributed by atoms with Crippen LogP contribution in [0, 0.1) is 0 Å². The molecule has 0 unspecified atom stereocenters. The Kier molecular flexibility index (Phi) is 4.25. The number of carbonyl (C=O) groups is 1. The van der Waals surface area contributed by atoms with Gasteiger partial charge in [-0.05, 0) is 30.3 Å². The predicted molar refractivity (Wildman–Crippen MR) is 75.1 cm³/mol. The van der Waals surface area contributed by atoms with Gasteiger partial charge >= 0.3 is 0 Å². The molecule has 1 aromatic carbocycles. The molecule has 0 atom stereocenters. The fourth-order valence-corrected chi connectivity index (χ4v) is 1.72. The van der Waals surface area contributed by atoms with Crippen molar-refractivity contribution in [1.29, 1.82) is 0 Å². The molecule has 19 heavy (non-hydrogen) atoms. The van der Waals surface area contributed by atoms with Crippen molar-refractivity contribution < 1.29 is 9.90 Å². The van der Waals surface area contributed by atoms with Crippen molar-refractivity contribution in [3.63, 3.8) is 0 Å². The number of benzene rings is 1. The van der Waals surface area contributed by atoms with Gasteiger partial charge in [0.05, 0.1) is 17.5 Å². The maximum absolute atomic E-state index is 11.8. The zero-order chi connectivity index (χ0) is 13.7. The summed E-state index contributed by atoms with van der Waals surface area (Å²) in [5.41, 5.74) is 3.10. The zero-order valence-corrected chi connectivity index (χ0v) is 11.3. The molecule has 1 aromatic heterocycles. The second kappa shape index (κ2) is 6.10. The van der Waals surface area contributed by atoms with Gasteiger partial charge in [0.15, 0.2) is 0 Å². The van der Waals surface area contributed by atoms with Gasteiger partial charge in [0.2, 0.25) is 0 Å². The Morgan fingerprint density at radius 2 is 2.21 bits per heavy atom. The summed E-state index contributed by atoms with van der Waals surface area (Å²) >= 11 is 3.23. The minimum Gasteiger partial charge on any atom is -0.507 e. The van der Waals surface area contributed by atoms with E-state index >= 15 is 0 Å². The minimum absolute atomic E-state index is 0.103. The smallest absolute Gasteiger partial charge is 0.275 e. The third-order valence-corrected chi connectivity index (χ3v) is 2.75. The molecule has 0 bridgehead atoms. The van der Waals surface area contributed by atoms with Gasteiger partial charge in [-0.25, -0.2) is 5.43 Å². The fourth-order valence-electron chi connectivity index (χ4n) is 1.36. The van der Waals surface area contributed by atoms with Crippen LogP contribution in [0.5, 0.6) is 5.75 Å². The van der Waals surface area contributed by atoms with E-state index in [2.05, 4.69) is 31.4 Å². The zero-order valence-electron chi connectivity index (χ0n) is 9.75. The van der Waals surface area contributed by atoms with E-state index in [1.54, 1.807) is 24.4 Å². The summed E-state index contributed by atoms with van der Waals surface area (Å²) < 4.78 is 0.698. The quantitative estimate of drug-likeness (QED) is 0.673. The molecule has 0 aliphatic heterocycles. The summed E-state index contributed by atoms with van der Waals surface area (Å²) in [5.74, 6) is -0.597. The molecule has 0 fully saturated rings. The Hall–Kier alpha value is -2.21. The molecule has 2 rings (SSSR count). The van der Waals surface area contributed by atoms with Gasteiger partial charge in [-0.15, -0.1) is 0 Å². The molecular formula is C13H10BrN3O2. The summed E-state index contributed by atoms with van der Waals surface area (Å²) in [7, 11) is 0. The number of hydrazone groups is 1. The minimum atomic E-state index is -0.494. The van der Waals surface area contributed by atoms with Gasteiger partial charge in [0, 0.05) is 10.7 Å². The van der Waals surface area contributed by atoms with Crippen molar-refractivity contribution in [1.82, 2.24) is 10.4 Å². The number of aromatic hydroxyl groups is 1. The number of rotatable bonds is 3. The van der Waals surface area contributed by atoms with Gasteiger partial charge < -0.3 is 5.11 Å². The monoisotopic (exact) mass is 319 g/mol. The molecule has 0 spiro atoms. The molecule has 1 heterocycles. The second-order valence-electron chi connectivity index (χ2n) is 3.62. The summed E-state index contributed by atoms with van der Waals surface area (Å²) in [6.45, 7) is 0. The molecule has 2 aromatic rings. The Morgan fingerprint density at radius 3 is 2.95 bits per heavy atom. The Balaban J connectivity index is 2.06. The lowest BCUT2D eigenvalue weighted by molar-refractivity contribution is 0.0952. The maximum Gasteiger partial charge on any atom is 0.275 e. The average molecular weight is 320 g/mol. The lowest BCUT2D eigenvalue weighted by Crippen LogP contribution is -2.17. The lowest BCUT2D eigenvalue weighted by atomic mass is 10.2. The molecule has 2 N–H and O–H groups in total. The predicted octanol–water partition coefficient (Wildman–Crippen LogP) is 2.31. The van der Waals surface area contributed by atoms with E-state index in [0.29, 0.717) is 10.2 Å². The molecule has 96 valence electrons. The van der Waals surface area contributed by atoms with Crippen molar-refractivity contribution in [3.8, 4) is 5.75 Å². The number of nitrogens with one attached hydrogen (secondary N) is 1. The molecule has 0 aliphatic carbocycles. The lowest BCUT2D eigenvalue weighted by Gasteiger charge is -2.03. The summed E-state index contributed by atoms with van der Waals surface area (Å²) in [4.78, 5) is 15.8. The molecule has 1 amide bonds. The summed E-state index contributed by atoms with van der Waals surface area (Å²) in [6, 6.07) is 9.95. The number of nitrogens with zero attached hydrogens (tertiary/aromatic N) is 2. The van der Waals surface area contributed by atoms with Crippen LogP contribution in [0.4, 0.5) is 0 Å². The first-order valence-electron chi connectivity index (χ1n) is 5.40. The highest BCUT2D eigenvalue weighted by Gasteiger charge is 2.10. The first kappa shape index (κ1) is 13.2. The van der Waals surface area contributed by atoms with Crippen molar-refractivity contribution in [3.05, 3.63) is 58.3 Å². The Labute approximate surface area is 118 Å². The number of amides is 1. The van der Waals surface area contributed by atoms with Crippen molar-refractivity contribution in [2.45, 2.75) is 0 Å². The van der Waals surface area contributed by atoms with Gasteiger partial charge in [0.25, 0.3) is 5.91 Å². The maximum atomic E-state index is 11.8. The molecule has 0 radical (unpaired) electrons. The number of hydrogen-bond donors (Lipinski definition) is 2. The Morgan fingerprint density at radius 1 is 1.37 bits per heavy atom. The van der Waals surface area contributed by atoms with E-state index in [0.717, 1.165) is 0 Å². The normalized spacial score (nSPS) is 10.6. The molecule has 5 nitrogen and oxygen atoms in total. The first-order valence-corrected chi connectivity index (χ1v) is 6.19. The van der Waals surface area contributed by atoms with Crippen LogP contribution in [-0.4, -0.2) is 22.2 Å². The van der Waals surface area contributed by atoms with Gasteiger partial charge in [0.1, 0.15) is 5.75 Å². The van der Waals surface area contributed by atoms with Crippen LogP contribution in [-0.2, 0) is 0 Å². The SMILES string of the molecule is O=C(N/N=C/c1ccccn1)c1cc(Br)ccc1O. The molecule has 0 aliphatic rings. The molecular weight excluding hydrogens is 310 g/mol. The van der Waals surface area contributed by atoms with E-state index in [1.165, 1.54) is 18.3 Å². The van der Waals surface area contributed by atoms with Crippen LogP contribution < -0.4 is 5.43 Å². The highest BCUT2D eigenvalue weighted by atomic mass is 79.9.